The van der Waals surface area contributed by atoms with Crippen molar-refractivity contribution in [2.75, 3.05) is 19.1 Å². The Balaban J connectivity index is 1.99. The molecule has 1 N–H and O–H groups in total. The number of rotatable bonds is 5. The van der Waals surface area contributed by atoms with E-state index in [1.807, 2.05) is 0 Å². The van der Waals surface area contributed by atoms with Crippen LogP contribution >= 0.6 is 23.2 Å². The Hall–Kier alpha value is -3.55. The summed E-state index contributed by atoms with van der Waals surface area (Å²) in [4.78, 5) is 27.5. The van der Waals surface area contributed by atoms with Gasteiger partial charge in [-0.25, -0.2) is 4.39 Å². The number of halogens is 3. The lowest BCUT2D eigenvalue weighted by molar-refractivity contribution is -0.132. The van der Waals surface area contributed by atoms with Crippen LogP contribution in [0.5, 0.6) is 11.5 Å². The fourth-order valence-electron chi connectivity index (χ4n) is 3.86. The molecule has 0 radical (unpaired) electrons. The number of anilines is 1. The first-order valence-corrected chi connectivity index (χ1v) is 10.8. The Bertz CT molecular complexity index is 1340. The average Bonchev–Trinajstić information content (AvgIpc) is 3.10. The molecule has 0 bridgehead atoms. The lowest BCUT2D eigenvalue weighted by atomic mass is 9.94. The molecule has 0 spiro atoms. The van der Waals surface area contributed by atoms with Gasteiger partial charge in [-0.15, -0.1) is 0 Å². The van der Waals surface area contributed by atoms with E-state index in [4.69, 9.17) is 32.7 Å². The molecule has 1 heterocycles. The minimum Gasteiger partial charge on any atom is -0.507 e. The second-order valence-corrected chi connectivity index (χ2v) is 8.24. The standard InChI is InChI=1S/C25H18Cl2FNO5/c1-33-19-9-6-13(11-20(19)34-2)22-21(23(30)14-4-3-5-15(26)10-14)24(31)25(32)29(22)16-7-8-18(28)17(27)12-16/h3-12,22,30H,1-2H3/b23-21+. The molecule has 1 amide bonds. The first kappa shape index (κ1) is 23.6. The van der Waals surface area contributed by atoms with E-state index in [-0.39, 0.29) is 21.8 Å². The molecular weight excluding hydrogens is 484 g/mol. The van der Waals surface area contributed by atoms with Crippen LogP contribution in [-0.2, 0) is 9.59 Å². The molecule has 174 valence electrons. The van der Waals surface area contributed by atoms with E-state index in [0.29, 0.717) is 22.1 Å². The zero-order valence-corrected chi connectivity index (χ0v) is 19.5. The van der Waals surface area contributed by atoms with Crippen LogP contribution in [0.15, 0.2) is 66.2 Å². The van der Waals surface area contributed by atoms with Crippen LogP contribution in [0.3, 0.4) is 0 Å². The van der Waals surface area contributed by atoms with Crippen LogP contribution in [0.2, 0.25) is 10.0 Å². The van der Waals surface area contributed by atoms with Crippen molar-refractivity contribution in [2.24, 2.45) is 0 Å². The minimum atomic E-state index is -1.07. The van der Waals surface area contributed by atoms with E-state index < -0.39 is 29.3 Å². The first-order chi connectivity index (χ1) is 16.3. The Morgan fingerprint density at radius 3 is 2.35 bits per heavy atom. The number of benzene rings is 3. The number of hydrogen-bond donors (Lipinski definition) is 1. The van der Waals surface area contributed by atoms with Gasteiger partial charge in [0.15, 0.2) is 11.5 Å². The maximum Gasteiger partial charge on any atom is 0.300 e. The number of amides is 1. The third kappa shape index (κ3) is 4.08. The van der Waals surface area contributed by atoms with Crippen molar-refractivity contribution in [1.82, 2.24) is 0 Å². The van der Waals surface area contributed by atoms with Crippen LogP contribution in [0.25, 0.3) is 5.76 Å². The number of carbonyl (C=O) groups excluding carboxylic acids is 2. The maximum absolute atomic E-state index is 13.8. The van der Waals surface area contributed by atoms with Gasteiger partial charge in [0, 0.05) is 16.3 Å². The van der Waals surface area contributed by atoms with Gasteiger partial charge in [-0.3, -0.25) is 14.5 Å². The maximum atomic E-state index is 13.8. The van der Waals surface area contributed by atoms with Crippen molar-refractivity contribution >= 4 is 46.3 Å². The number of aliphatic hydroxyl groups excluding tert-OH is 1. The molecule has 0 aliphatic carbocycles. The van der Waals surface area contributed by atoms with Gasteiger partial charge in [0.05, 0.1) is 30.9 Å². The van der Waals surface area contributed by atoms with Crippen LogP contribution in [0, 0.1) is 5.82 Å². The topological polar surface area (TPSA) is 76.1 Å². The number of carbonyl (C=O) groups is 2. The summed E-state index contributed by atoms with van der Waals surface area (Å²) < 4.78 is 24.5. The monoisotopic (exact) mass is 501 g/mol. The zero-order chi connectivity index (χ0) is 24.6. The van der Waals surface area contributed by atoms with E-state index in [2.05, 4.69) is 0 Å². The lowest BCUT2D eigenvalue weighted by Crippen LogP contribution is -2.29. The Kier molecular flexibility index (Phi) is 6.50. The molecule has 3 aromatic carbocycles. The molecule has 0 saturated carbocycles. The summed E-state index contributed by atoms with van der Waals surface area (Å²) in [5, 5.41) is 11.3. The molecule has 1 atom stereocenters. The highest BCUT2D eigenvalue weighted by Crippen LogP contribution is 2.44. The predicted molar refractivity (Wildman–Crippen MR) is 127 cm³/mol. The van der Waals surface area contributed by atoms with Crippen molar-refractivity contribution < 1.29 is 28.6 Å². The smallest absolute Gasteiger partial charge is 0.300 e. The lowest BCUT2D eigenvalue weighted by Gasteiger charge is -2.26. The first-order valence-electron chi connectivity index (χ1n) is 10.0. The van der Waals surface area contributed by atoms with Crippen LogP contribution in [0.1, 0.15) is 17.2 Å². The number of hydrogen-bond acceptors (Lipinski definition) is 5. The molecule has 1 saturated heterocycles. The van der Waals surface area contributed by atoms with E-state index >= 15 is 0 Å². The minimum absolute atomic E-state index is 0.167. The van der Waals surface area contributed by atoms with Gasteiger partial charge < -0.3 is 14.6 Å². The number of ether oxygens (including phenoxy) is 2. The van der Waals surface area contributed by atoms with Crippen molar-refractivity contribution in [1.29, 1.82) is 0 Å². The fourth-order valence-corrected chi connectivity index (χ4v) is 4.23. The van der Waals surface area contributed by atoms with Gasteiger partial charge in [0.2, 0.25) is 0 Å². The normalized spacial score (nSPS) is 17.2. The SMILES string of the molecule is COc1ccc(C2/C(=C(\O)c3cccc(Cl)c3)C(=O)C(=O)N2c2ccc(F)c(Cl)c2)cc1OC. The molecule has 4 rings (SSSR count). The van der Waals surface area contributed by atoms with Crippen LogP contribution in [-0.4, -0.2) is 31.0 Å². The quantitative estimate of drug-likeness (QED) is 0.272. The number of aliphatic hydroxyl groups is 1. The van der Waals surface area contributed by atoms with Crippen molar-refractivity contribution in [2.45, 2.75) is 6.04 Å². The second kappa shape index (κ2) is 9.37. The molecule has 1 aliphatic heterocycles. The fraction of sp³-hybridized carbons (Fsp3) is 0.120. The molecule has 1 fully saturated rings. The Morgan fingerprint density at radius 2 is 1.71 bits per heavy atom. The Morgan fingerprint density at radius 1 is 0.971 bits per heavy atom. The van der Waals surface area contributed by atoms with Gasteiger partial charge >= 0.3 is 0 Å². The van der Waals surface area contributed by atoms with E-state index in [1.54, 1.807) is 36.4 Å². The highest BCUT2D eigenvalue weighted by molar-refractivity contribution is 6.52. The third-order valence-corrected chi connectivity index (χ3v) is 5.97. The predicted octanol–water partition coefficient (Wildman–Crippen LogP) is 5.78. The van der Waals surface area contributed by atoms with Crippen molar-refractivity contribution in [3.8, 4) is 11.5 Å². The van der Waals surface area contributed by atoms with E-state index in [0.717, 1.165) is 11.0 Å². The van der Waals surface area contributed by atoms with Crippen molar-refractivity contribution in [3.05, 3.63) is 93.2 Å². The third-order valence-electron chi connectivity index (χ3n) is 5.45. The molecule has 6 nitrogen and oxygen atoms in total. The number of ketones is 1. The second-order valence-electron chi connectivity index (χ2n) is 7.39. The van der Waals surface area contributed by atoms with E-state index in [9.17, 15) is 19.1 Å². The zero-order valence-electron chi connectivity index (χ0n) is 18.0. The van der Waals surface area contributed by atoms with Gasteiger partial charge in [-0.05, 0) is 48.0 Å². The molecular formula is C25H18Cl2FNO5. The highest BCUT2D eigenvalue weighted by Gasteiger charge is 2.47. The van der Waals surface area contributed by atoms with Crippen molar-refractivity contribution in [3.63, 3.8) is 0 Å². The van der Waals surface area contributed by atoms with Gasteiger partial charge in [-0.2, -0.15) is 0 Å². The molecule has 1 unspecified atom stereocenters. The highest BCUT2D eigenvalue weighted by atomic mass is 35.5. The summed E-state index contributed by atoms with van der Waals surface area (Å²) in [7, 11) is 2.92. The van der Waals surface area contributed by atoms with Gasteiger partial charge in [-0.1, -0.05) is 41.4 Å². The largest absolute Gasteiger partial charge is 0.507 e. The summed E-state index contributed by atoms with van der Waals surface area (Å²) in [5.74, 6) is -2.13. The molecule has 3 aromatic rings. The summed E-state index contributed by atoms with van der Waals surface area (Å²) >= 11 is 12.0. The van der Waals surface area contributed by atoms with Crippen LogP contribution < -0.4 is 14.4 Å². The number of Topliss-reactive ketones (excluding diaryl/α,β-unsaturated/α-hetero) is 1. The average molecular weight is 502 g/mol. The van der Waals surface area contributed by atoms with Gasteiger partial charge in [0.1, 0.15) is 11.6 Å². The number of nitrogens with zero attached hydrogens (tertiary/aromatic N) is 1. The van der Waals surface area contributed by atoms with E-state index in [1.165, 1.54) is 32.4 Å². The van der Waals surface area contributed by atoms with Gasteiger partial charge in [0.25, 0.3) is 11.7 Å². The summed E-state index contributed by atoms with van der Waals surface area (Å²) in [6.45, 7) is 0. The van der Waals surface area contributed by atoms with Crippen LogP contribution in [0.4, 0.5) is 10.1 Å². The molecule has 34 heavy (non-hydrogen) atoms. The number of methoxy groups -OCH3 is 2. The molecule has 1 aliphatic rings. The molecule has 9 heteroatoms. The molecule has 0 aromatic heterocycles. The Labute approximate surface area is 204 Å². The summed E-state index contributed by atoms with van der Waals surface area (Å²) in [5.41, 5.74) is 0.715. The summed E-state index contributed by atoms with van der Waals surface area (Å²) in [6.07, 6.45) is 0. The summed E-state index contributed by atoms with van der Waals surface area (Å²) in [6, 6.07) is 13.7.